The van der Waals surface area contributed by atoms with Crippen LogP contribution < -0.4 is 21.3 Å². The minimum atomic E-state index is -0.277. The van der Waals surface area contributed by atoms with E-state index < -0.39 is 0 Å². The molecule has 2 aromatic carbocycles. The number of nitrogens with two attached hydrogens (primary N) is 1. The van der Waals surface area contributed by atoms with Crippen molar-refractivity contribution in [3.63, 3.8) is 0 Å². The fourth-order valence-electron chi connectivity index (χ4n) is 5.63. The van der Waals surface area contributed by atoms with Crippen LogP contribution in [-0.2, 0) is 4.79 Å². The van der Waals surface area contributed by atoms with E-state index in [-0.39, 0.29) is 17.8 Å². The molecule has 3 aromatic rings. The number of anilines is 3. The molecule has 8 heteroatoms. The summed E-state index contributed by atoms with van der Waals surface area (Å²) in [4.78, 5) is 22.1. The summed E-state index contributed by atoms with van der Waals surface area (Å²) in [6.07, 6.45) is 1.87. The quantitative estimate of drug-likeness (QED) is 0.447. The van der Waals surface area contributed by atoms with Gasteiger partial charge in [-0.1, -0.05) is 0 Å². The van der Waals surface area contributed by atoms with Crippen LogP contribution in [0.15, 0.2) is 36.4 Å². The van der Waals surface area contributed by atoms with Crippen molar-refractivity contribution in [2.75, 3.05) is 55.2 Å². The van der Waals surface area contributed by atoms with Crippen molar-refractivity contribution in [3.05, 3.63) is 59.0 Å². The SMILES string of the molecule is Cc1cc(N[C@H](C)c2cc(N)cc(C)c2F)c2cc(N3CCN(C(=O)C4CCNCC4)CC3)ccc2n1. The number of hydrogen-bond acceptors (Lipinski definition) is 6. The van der Waals surface area contributed by atoms with Crippen LogP contribution in [-0.4, -0.2) is 55.1 Å². The first-order chi connectivity index (χ1) is 17.8. The van der Waals surface area contributed by atoms with Crippen LogP contribution in [0.25, 0.3) is 10.9 Å². The fraction of sp³-hybridized carbons (Fsp3) is 0.448. The van der Waals surface area contributed by atoms with Crippen molar-refractivity contribution in [2.24, 2.45) is 5.92 Å². The number of halogens is 1. The van der Waals surface area contributed by atoms with Gasteiger partial charge in [0.25, 0.3) is 0 Å². The highest BCUT2D eigenvalue weighted by molar-refractivity contribution is 5.94. The zero-order chi connectivity index (χ0) is 26.1. The largest absolute Gasteiger partial charge is 0.399 e. The van der Waals surface area contributed by atoms with Crippen molar-refractivity contribution in [2.45, 2.75) is 39.7 Å². The van der Waals surface area contributed by atoms with E-state index in [1.807, 2.05) is 30.9 Å². The van der Waals surface area contributed by atoms with E-state index in [9.17, 15) is 9.18 Å². The molecule has 4 N–H and O–H groups in total. The van der Waals surface area contributed by atoms with Gasteiger partial charge in [-0.25, -0.2) is 4.39 Å². The van der Waals surface area contributed by atoms with Gasteiger partial charge in [-0.2, -0.15) is 0 Å². The lowest BCUT2D eigenvalue weighted by atomic mass is 9.96. The second-order valence-corrected chi connectivity index (χ2v) is 10.5. The zero-order valence-corrected chi connectivity index (χ0v) is 22.0. The monoisotopic (exact) mass is 504 g/mol. The number of benzene rings is 2. The van der Waals surface area contributed by atoms with Gasteiger partial charge in [-0.3, -0.25) is 9.78 Å². The Morgan fingerprint density at radius 2 is 1.84 bits per heavy atom. The number of rotatable bonds is 5. The van der Waals surface area contributed by atoms with Crippen molar-refractivity contribution in [1.82, 2.24) is 15.2 Å². The topological polar surface area (TPSA) is 86.5 Å². The number of hydrogen-bond donors (Lipinski definition) is 3. The lowest BCUT2D eigenvalue weighted by Gasteiger charge is -2.38. The lowest BCUT2D eigenvalue weighted by Crippen LogP contribution is -2.51. The molecule has 2 saturated heterocycles. The summed E-state index contributed by atoms with van der Waals surface area (Å²) in [5.74, 6) is 0.234. The van der Waals surface area contributed by atoms with Crippen LogP contribution in [0.1, 0.15) is 42.6 Å². The molecule has 0 radical (unpaired) electrons. The van der Waals surface area contributed by atoms with E-state index in [2.05, 4.69) is 27.7 Å². The maximum atomic E-state index is 14.9. The molecular formula is C29H37FN6O. The van der Waals surface area contributed by atoms with E-state index in [4.69, 9.17) is 10.7 Å². The second-order valence-electron chi connectivity index (χ2n) is 10.5. The summed E-state index contributed by atoms with van der Waals surface area (Å²) >= 11 is 0. The molecule has 0 aliphatic carbocycles. The van der Waals surface area contributed by atoms with Gasteiger partial charge in [0.05, 0.1) is 11.6 Å². The third-order valence-corrected chi connectivity index (χ3v) is 7.71. The molecular weight excluding hydrogens is 467 g/mol. The number of carbonyl (C=O) groups is 1. The van der Waals surface area contributed by atoms with Gasteiger partial charge in [-0.05, 0) is 88.7 Å². The standard InChI is InChI=1S/C29H37FN6O/c1-18-14-22(31)16-24(28(18)30)20(3)34-27-15-19(2)33-26-5-4-23(17-25(26)27)35-10-12-36(13-11-35)29(37)21-6-8-32-9-7-21/h4-5,14-17,20-21,32H,6-13,31H2,1-3H3,(H,33,34)/t20-/m1/s1. The Hall–Kier alpha value is -3.39. The molecule has 1 aromatic heterocycles. The van der Waals surface area contributed by atoms with E-state index in [1.54, 1.807) is 19.1 Å². The Labute approximate surface area is 218 Å². The molecule has 2 fully saturated rings. The normalized spacial score (nSPS) is 17.7. The third-order valence-electron chi connectivity index (χ3n) is 7.71. The maximum absolute atomic E-state index is 14.9. The molecule has 0 spiro atoms. The predicted octanol–water partition coefficient (Wildman–Crippen LogP) is 4.39. The van der Waals surface area contributed by atoms with Gasteiger partial charge in [0.2, 0.25) is 5.91 Å². The summed E-state index contributed by atoms with van der Waals surface area (Å²) in [6, 6.07) is 11.4. The number of amides is 1. The zero-order valence-electron chi connectivity index (χ0n) is 22.0. The molecule has 2 aliphatic heterocycles. The maximum Gasteiger partial charge on any atom is 0.225 e. The second kappa shape index (κ2) is 10.5. The van der Waals surface area contributed by atoms with E-state index in [1.165, 1.54) is 0 Å². The molecule has 37 heavy (non-hydrogen) atoms. The number of nitrogen functional groups attached to an aromatic ring is 1. The van der Waals surface area contributed by atoms with Crippen LogP contribution in [0, 0.1) is 25.6 Å². The third kappa shape index (κ3) is 5.34. The highest BCUT2D eigenvalue weighted by Gasteiger charge is 2.28. The highest BCUT2D eigenvalue weighted by Crippen LogP contribution is 2.32. The number of nitrogens with one attached hydrogen (secondary N) is 2. The van der Waals surface area contributed by atoms with Gasteiger partial charge >= 0.3 is 0 Å². The number of aryl methyl sites for hydroxylation is 2. The van der Waals surface area contributed by atoms with Crippen molar-refractivity contribution in [1.29, 1.82) is 0 Å². The molecule has 196 valence electrons. The molecule has 0 unspecified atom stereocenters. The first-order valence-corrected chi connectivity index (χ1v) is 13.3. The van der Waals surface area contributed by atoms with Gasteiger partial charge in [0.1, 0.15) is 5.82 Å². The van der Waals surface area contributed by atoms with Crippen LogP contribution >= 0.6 is 0 Å². The molecule has 1 atom stereocenters. The molecule has 7 nitrogen and oxygen atoms in total. The Kier molecular flexibility index (Phi) is 7.20. The summed E-state index contributed by atoms with van der Waals surface area (Å²) in [7, 11) is 0. The number of aromatic nitrogens is 1. The average molecular weight is 505 g/mol. The number of piperazine rings is 1. The number of fused-ring (bicyclic) bond motifs is 1. The van der Waals surface area contributed by atoms with Crippen LogP contribution in [0.2, 0.25) is 0 Å². The number of pyridine rings is 1. The number of carbonyl (C=O) groups excluding carboxylic acids is 1. The molecule has 1 amide bonds. The van der Waals surface area contributed by atoms with Gasteiger partial charge < -0.3 is 26.2 Å². The Morgan fingerprint density at radius 3 is 2.57 bits per heavy atom. The molecule has 5 rings (SSSR count). The van der Waals surface area contributed by atoms with Crippen LogP contribution in [0.3, 0.4) is 0 Å². The Balaban J connectivity index is 1.35. The summed E-state index contributed by atoms with van der Waals surface area (Å²) < 4.78 is 14.9. The van der Waals surface area contributed by atoms with Crippen LogP contribution in [0.5, 0.6) is 0 Å². The summed E-state index contributed by atoms with van der Waals surface area (Å²) in [5, 5.41) is 7.84. The van der Waals surface area contributed by atoms with Crippen LogP contribution in [0.4, 0.5) is 21.5 Å². The van der Waals surface area contributed by atoms with Gasteiger partial charge in [-0.15, -0.1) is 0 Å². The Morgan fingerprint density at radius 1 is 1.11 bits per heavy atom. The Bertz CT molecular complexity index is 1300. The summed E-state index contributed by atoms with van der Waals surface area (Å²) in [5.41, 5.74) is 11.5. The minimum Gasteiger partial charge on any atom is -0.399 e. The molecule has 2 aliphatic rings. The summed E-state index contributed by atoms with van der Waals surface area (Å²) in [6.45, 7) is 10.6. The molecule has 3 heterocycles. The molecule has 0 bridgehead atoms. The number of piperidine rings is 1. The van der Waals surface area contributed by atoms with Gasteiger partial charge in [0, 0.05) is 65.8 Å². The van der Waals surface area contributed by atoms with Gasteiger partial charge in [0.15, 0.2) is 0 Å². The fourth-order valence-corrected chi connectivity index (χ4v) is 5.63. The lowest BCUT2D eigenvalue weighted by molar-refractivity contribution is -0.136. The van der Waals surface area contributed by atoms with Crippen molar-refractivity contribution < 1.29 is 9.18 Å². The highest BCUT2D eigenvalue weighted by atomic mass is 19.1. The van der Waals surface area contributed by atoms with E-state index in [0.717, 1.165) is 80.1 Å². The number of nitrogens with zero attached hydrogens (tertiary/aromatic N) is 3. The first-order valence-electron chi connectivity index (χ1n) is 13.3. The van der Waals surface area contributed by atoms with Crippen molar-refractivity contribution in [3.8, 4) is 0 Å². The van der Waals surface area contributed by atoms with E-state index in [0.29, 0.717) is 22.7 Å². The minimum absolute atomic E-state index is 0.159. The molecule has 0 saturated carbocycles. The van der Waals surface area contributed by atoms with Crippen molar-refractivity contribution >= 4 is 33.9 Å². The smallest absolute Gasteiger partial charge is 0.225 e. The van der Waals surface area contributed by atoms with E-state index >= 15 is 0 Å². The average Bonchev–Trinajstić information content (AvgIpc) is 2.90. The predicted molar refractivity (Wildman–Crippen MR) is 148 cm³/mol. The first kappa shape index (κ1) is 25.3.